The summed E-state index contributed by atoms with van der Waals surface area (Å²) in [6, 6.07) is 0.650. The van der Waals surface area contributed by atoms with Crippen molar-refractivity contribution in [3.63, 3.8) is 0 Å². The zero-order chi connectivity index (χ0) is 20.7. The van der Waals surface area contributed by atoms with E-state index in [2.05, 4.69) is 0 Å². The number of hydrogen-bond acceptors (Lipinski definition) is 3. The number of carboxylic acid groups (broad SMARTS) is 1. The van der Waals surface area contributed by atoms with Gasteiger partial charge >= 0.3 is 12.1 Å². The van der Waals surface area contributed by atoms with Gasteiger partial charge in [0.15, 0.2) is 0 Å². The fourth-order valence-corrected chi connectivity index (χ4v) is 3.64. The van der Waals surface area contributed by atoms with E-state index in [-0.39, 0.29) is 5.56 Å². The maximum atomic E-state index is 14.4. The molecule has 2 atom stereocenters. The van der Waals surface area contributed by atoms with E-state index in [0.717, 1.165) is 12.1 Å². The summed E-state index contributed by atoms with van der Waals surface area (Å²) in [4.78, 5) is 26.1. The molecule has 1 saturated heterocycles. The van der Waals surface area contributed by atoms with Crippen LogP contribution in [0.1, 0.15) is 58.9 Å². The van der Waals surface area contributed by atoms with E-state index in [1.54, 1.807) is 34.6 Å². The van der Waals surface area contributed by atoms with E-state index in [0.29, 0.717) is 12.8 Å². The molecular weight excluding hydrogens is 380 g/mol. The van der Waals surface area contributed by atoms with Crippen molar-refractivity contribution in [3.8, 4) is 0 Å². The van der Waals surface area contributed by atoms with E-state index in [1.807, 2.05) is 0 Å². The number of amides is 1. The quantitative estimate of drug-likeness (QED) is 0.724. The first-order valence-corrected chi connectivity index (χ1v) is 9.02. The van der Waals surface area contributed by atoms with Gasteiger partial charge < -0.3 is 9.84 Å². The Labute approximate surface area is 162 Å². The van der Waals surface area contributed by atoms with Gasteiger partial charge in [0.2, 0.25) is 0 Å². The number of hydrogen-bond donors (Lipinski definition) is 1. The minimum Gasteiger partial charge on any atom is -0.481 e. The molecule has 1 unspecified atom stereocenters. The van der Waals surface area contributed by atoms with Crippen molar-refractivity contribution in [3.05, 3.63) is 34.4 Å². The highest BCUT2D eigenvalue weighted by atomic mass is 35.5. The lowest BCUT2D eigenvalue weighted by molar-refractivity contribution is -0.140. The monoisotopic (exact) mass is 403 g/mol. The summed E-state index contributed by atoms with van der Waals surface area (Å²) < 4.78 is 33.8. The fourth-order valence-electron chi connectivity index (χ4n) is 3.49. The van der Waals surface area contributed by atoms with Crippen molar-refractivity contribution in [1.29, 1.82) is 0 Å². The van der Waals surface area contributed by atoms with Crippen LogP contribution in [0.3, 0.4) is 0 Å². The summed E-state index contributed by atoms with van der Waals surface area (Å²) in [5.74, 6) is -4.65. The van der Waals surface area contributed by atoms with Gasteiger partial charge in [-0.2, -0.15) is 0 Å². The Kier molecular flexibility index (Phi) is 5.76. The van der Waals surface area contributed by atoms with E-state index in [1.165, 1.54) is 4.90 Å². The molecule has 1 aliphatic heterocycles. The molecule has 0 radical (unpaired) electrons. The van der Waals surface area contributed by atoms with Gasteiger partial charge in [-0.15, -0.1) is 0 Å². The number of ether oxygens (including phenoxy) is 1. The zero-order valence-corrected chi connectivity index (χ0v) is 16.7. The van der Waals surface area contributed by atoms with E-state index < -0.39 is 51.8 Å². The average molecular weight is 404 g/mol. The Morgan fingerprint density at radius 2 is 1.89 bits per heavy atom. The Hall–Kier alpha value is -1.89. The minimum absolute atomic E-state index is 0.312. The minimum atomic E-state index is -1.45. The second-order valence-corrected chi connectivity index (χ2v) is 8.78. The predicted octanol–water partition coefficient (Wildman–Crippen LogP) is 4.96. The maximum Gasteiger partial charge on any atom is 0.411 e. The second kappa shape index (κ2) is 7.26. The smallest absolute Gasteiger partial charge is 0.411 e. The van der Waals surface area contributed by atoms with Crippen LogP contribution in [0.25, 0.3) is 0 Å². The lowest BCUT2D eigenvalue weighted by Gasteiger charge is -2.39. The van der Waals surface area contributed by atoms with Crippen LogP contribution in [0.4, 0.5) is 13.6 Å². The first-order chi connectivity index (χ1) is 12.2. The number of rotatable bonds is 3. The number of nitrogens with zero attached hydrogens (tertiary/aromatic N) is 1. The number of benzene rings is 1. The Bertz CT molecular complexity index is 761. The molecule has 5 nitrogen and oxygen atoms in total. The third-order valence-electron chi connectivity index (χ3n) is 4.65. The predicted molar refractivity (Wildman–Crippen MR) is 96.9 cm³/mol. The van der Waals surface area contributed by atoms with Crippen LogP contribution in [0.15, 0.2) is 12.1 Å². The highest BCUT2D eigenvalue weighted by Gasteiger charge is 2.50. The number of likely N-dealkylation sites (tertiary alicyclic amines) is 1. The van der Waals surface area contributed by atoms with E-state index in [9.17, 15) is 23.5 Å². The van der Waals surface area contributed by atoms with Gasteiger partial charge in [0.05, 0.1) is 11.1 Å². The summed E-state index contributed by atoms with van der Waals surface area (Å²) in [7, 11) is 0. The standard InChI is InChI=1S/C19H24ClF2NO4/c1-18(2,3)27-17(26)23-14(6-7-19(23,4)5)15(16(24)25)10-8-13(22)11(20)9-12(10)21/h8-9,14-15H,6-7H2,1-5H3,(H,24,25)/t14?,15-/m0/s1. The molecule has 1 heterocycles. The van der Waals surface area contributed by atoms with Crippen molar-refractivity contribution in [2.75, 3.05) is 0 Å². The molecule has 1 aromatic rings. The summed E-state index contributed by atoms with van der Waals surface area (Å²) in [6.45, 7) is 8.67. The van der Waals surface area contributed by atoms with Crippen LogP contribution in [-0.4, -0.2) is 39.3 Å². The average Bonchev–Trinajstić information content (AvgIpc) is 2.78. The van der Waals surface area contributed by atoms with Crippen LogP contribution in [0.2, 0.25) is 5.02 Å². The SMILES string of the molecule is CC(C)(C)OC(=O)N1C([C@@H](C(=O)O)c2cc(F)c(Cl)cc2F)CCC1(C)C. The third-order valence-corrected chi connectivity index (χ3v) is 4.94. The fraction of sp³-hybridized carbons (Fsp3) is 0.579. The highest BCUT2D eigenvalue weighted by molar-refractivity contribution is 6.30. The van der Waals surface area contributed by atoms with Crippen molar-refractivity contribution in [2.45, 2.75) is 70.6 Å². The molecule has 0 aliphatic carbocycles. The zero-order valence-electron chi connectivity index (χ0n) is 16.0. The molecule has 1 fully saturated rings. The number of carboxylic acids is 1. The lowest BCUT2D eigenvalue weighted by Crippen LogP contribution is -2.51. The Morgan fingerprint density at radius 1 is 1.30 bits per heavy atom. The summed E-state index contributed by atoms with van der Waals surface area (Å²) in [5, 5.41) is 9.34. The van der Waals surface area contributed by atoms with Gasteiger partial charge in [-0.1, -0.05) is 11.6 Å². The number of carbonyl (C=O) groups is 2. The molecule has 150 valence electrons. The van der Waals surface area contributed by atoms with Crippen molar-refractivity contribution < 1.29 is 28.2 Å². The Morgan fingerprint density at radius 3 is 2.41 bits per heavy atom. The largest absolute Gasteiger partial charge is 0.481 e. The number of carbonyl (C=O) groups excluding carboxylic acids is 1. The maximum absolute atomic E-state index is 14.4. The molecule has 0 bridgehead atoms. The lowest BCUT2D eigenvalue weighted by atomic mass is 9.89. The molecule has 0 aromatic heterocycles. The molecule has 1 aliphatic rings. The second-order valence-electron chi connectivity index (χ2n) is 8.37. The summed E-state index contributed by atoms with van der Waals surface area (Å²) in [6.07, 6.45) is 0.127. The summed E-state index contributed by atoms with van der Waals surface area (Å²) in [5.41, 5.74) is -1.82. The molecular formula is C19H24ClF2NO4. The van der Waals surface area contributed by atoms with Crippen molar-refractivity contribution in [1.82, 2.24) is 4.90 Å². The van der Waals surface area contributed by atoms with Gasteiger partial charge in [0.1, 0.15) is 23.2 Å². The molecule has 1 N–H and O–H groups in total. The van der Waals surface area contributed by atoms with Crippen LogP contribution >= 0.6 is 11.6 Å². The summed E-state index contributed by atoms with van der Waals surface area (Å²) >= 11 is 5.58. The van der Waals surface area contributed by atoms with Crippen LogP contribution < -0.4 is 0 Å². The molecule has 0 saturated carbocycles. The van der Waals surface area contributed by atoms with Gasteiger partial charge in [-0.3, -0.25) is 9.69 Å². The Balaban J connectivity index is 2.51. The number of halogens is 3. The first kappa shape index (κ1) is 21.4. The number of aliphatic carboxylic acids is 1. The van der Waals surface area contributed by atoms with Crippen LogP contribution in [0, 0.1) is 11.6 Å². The van der Waals surface area contributed by atoms with E-state index in [4.69, 9.17) is 16.3 Å². The first-order valence-electron chi connectivity index (χ1n) is 8.64. The van der Waals surface area contributed by atoms with Crippen LogP contribution in [0.5, 0.6) is 0 Å². The van der Waals surface area contributed by atoms with Gasteiger partial charge in [-0.05, 0) is 59.6 Å². The topological polar surface area (TPSA) is 66.8 Å². The molecule has 1 aromatic carbocycles. The van der Waals surface area contributed by atoms with Gasteiger partial charge in [0.25, 0.3) is 0 Å². The van der Waals surface area contributed by atoms with Gasteiger partial charge in [-0.25, -0.2) is 13.6 Å². The molecule has 27 heavy (non-hydrogen) atoms. The van der Waals surface area contributed by atoms with Crippen molar-refractivity contribution in [2.24, 2.45) is 0 Å². The van der Waals surface area contributed by atoms with Crippen LogP contribution in [-0.2, 0) is 9.53 Å². The van der Waals surface area contributed by atoms with Crippen molar-refractivity contribution >= 4 is 23.7 Å². The van der Waals surface area contributed by atoms with E-state index >= 15 is 0 Å². The molecule has 2 rings (SSSR count). The third kappa shape index (κ3) is 4.51. The molecule has 0 spiro atoms. The normalized spacial score (nSPS) is 20.4. The molecule has 8 heteroatoms. The highest BCUT2D eigenvalue weighted by Crippen LogP contribution is 2.42. The van der Waals surface area contributed by atoms with Gasteiger partial charge in [0, 0.05) is 11.1 Å². The molecule has 1 amide bonds.